The normalized spacial score (nSPS) is 17.9. The smallest absolute Gasteiger partial charge is 0.416 e. The summed E-state index contributed by atoms with van der Waals surface area (Å²) in [6.45, 7) is 1.57. The van der Waals surface area contributed by atoms with Gasteiger partial charge in [-0.1, -0.05) is 37.3 Å². The molecule has 0 aliphatic carbocycles. The van der Waals surface area contributed by atoms with E-state index < -0.39 is 46.9 Å². The lowest BCUT2D eigenvalue weighted by Crippen LogP contribution is -2.61. The van der Waals surface area contributed by atoms with Crippen LogP contribution in [0.4, 0.5) is 36.8 Å². The van der Waals surface area contributed by atoms with Crippen LogP contribution in [0.5, 0.6) is 5.75 Å². The highest BCUT2D eigenvalue weighted by Gasteiger charge is 2.47. The Labute approximate surface area is 265 Å². The first kappa shape index (κ1) is 33.2. The van der Waals surface area contributed by atoms with E-state index in [9.17, 15) is 41.5 Å². The minimum Gasteiger partial charge on any atom is -0.504 e. The van der Waals surface area contributed by atoms with Crippen molar-refractivity contribution in [3.05, 3.63) is 118 Å². The Morgan fingerprint density at radius 1 is 1.04 bits per heavy atom. The monoisotopic (exact) mass is 655 g/mol. The molecule has 0 spiro atoms. The number of nitriles is 1. The number of anilines is 1. The summed E-state index contributed by atoms with van der Waals surface area (Å²) in [6, 6.07) is 16.0. The Morgan fingerprint density at radius 3 is 2.38 bits per heavy atom. The van der Waals surface area contributed by atoms with E-state index in [-0.39, 0.29) is 59.8 Å². The molecule has 1 aromatic heterocycles. The molecule has 0 radical (unpaired) electrons. The molecule has 4 aromatic rings. The van der Waals surface area contributed by atoms with Crippen molar-refractivity contribution < 1.29 is 41.0 Å². The zero-order valence-electron chi connectivity index (χ0n) is 24.7. The average Bonchev–Trinajstić information content (AvgIpc) is 3.03. The third kappa shape index (κ3) is 7.00. The van der Waals surface area contributed by atoms with Crippen molar-refractivity contribution >= 4 is 11.8 Å². The molecule has 1 amide bonds. The number of ether oxygens (including phenoxy) is 1. The van der Waals surface area contributed by atoms with E-state index in [0.29, 0.717) is 11.6 Å². The maximum absolute atomic E-state index is 13.9. The summed E-state index contributed by atoms with van der Waals surface area (Å²) < 4.78 is 87.7. The first-order valence-corrected chi connectivity index (χ1v) is 14.3. The number of carbonyl (C=O) groups excluding carboxylic acids is 1. The van der Waals surface area contributed by atoms with Gasteiger partial charge >= 0.3 is 18.4 Å². The fourth-order valence-corrected chi connectivity index (χ4v) is 5.54. The molecule has 244 valence electrons. The standard InChI is InChI=1S/C33H27F6N5O3/c1-2-31(41)15-25(29-42-17-28(45)26(43-29)13-20-10-21(16-40)12-23(11-20)33(37,38)39)24-14-22(32(34,35)36)8-9-27(24)44(31)30(46)47-18-19-6-4-3-5-7-19/h3-12,14,17,25,45H,2,13,15,18,41H2,1H3/t25-,31+/m0/s1. The maximum atomic E-state index is 13.9. The molecular weight excluding hydrogens is 628 g/mol. The van der Waals surface area contributed by atoms with E-state index in [4.69, 9.17) is 10.5 Å². The molecule has 47 heavy (non-hydrogen) atoms. The largest absolute Gasteiger partial charge is 0.504 e. The lowest BCUT2D eigenvalue weighted by molar-refractivity contribution is -0.138. The van der Waals surface area contributed by atoms with Crippen molar-refractivity contribution in [3.63, 3.8) is 0 Å². The quantitative estimate of drug-likeness (QED) is 0.207. The molecule has 2 heterocycles. The van der Waals surface area contributed by atoms with Crippen LogP contribution in [0.15, 0.2) is 72.9 Å². The summed E-state index contributed by atoms with van der Waals surface area (Å²) in [4.78, 5) is 23.2. The number of halogens is 6. The van der Waals surface area contributed by atoms with Crippen LogP contribution >= 0.6 is 0 Å². The highest BCUT2D eigenvalue weighted by Crippen LogP contribution is 2.47. The van der Waals surface area contributed by atoms with Crippen molar-refractivity contribution in [3.8, 4) is 11.8 Å². The van der Waals surface area contributed by atoms with E-state index in [1.807, 2.05) is 0 Å². The summed E-state index contributed by atoms with van der Waals surface area (Å²) in [5, 5.41) is 19.8. The summed E-state index contributed by atoms with van der Waals surface area (Å²) in [6.07, 6.45) is -9.77. The van der Waals surface area contributed by atoms with Crippen LogP contribution in [0.2, 0.25) is 0 Å². The number of hydrogen-bond donors (Lipinski definition) is 2. The fraction of sp³-hybridized carbons (Fsp3) is 0.273. The third-order valence-electron chi connectivity index (χ3n) is 7.97. The van der Waals surface area contributed by atoms with Crippen LogP contribution in [-0.2, 0) is 30.1 Å². The zero-order chi connectivity index (χ0) is 34.1. The lowest BCUT2D eigenvalue weighted by atomic mass is 9.80. The second-order valence-corrected chi connectivity index (χ2v) is 11.1. The molecule has 5 rings (SSSR count). The van der Waals surface area contributed by atoms with E-state index in [2.05, 4.69) is 9.97 Å². The number of hydrogen-bond acceptors (Lipinski definition) is 7. The molecular formula is C33H27F6N5O3. The Hall–Kier alpha value is -5.16. The number of nitrogens with zero attached hydrogens (tertiary/aromatic N) is 4. The van der Waals surface area contributed by atoms with Gasteiger partial charge in [0.15, 0.2) is 5.75 Å². The van der Waals surface area contributed by atoms with Crippen molar-refractivity contribution in [2.24, 2.45) is 5.73 Å². The lowest BCUT2D eigenvalue weighted by Gasteiger charge is -2.46. The molecule has 8 nitrogen and oxygen atoms in total. The van der Waals surface area contributed by atoms with Crippen molar-refractivity contribution in [2.75, 3.05) is 4.90 Å². The van der Waals surface area contributed by atoms with Gasteiger partial charge in [-0.2, -0.15) is 31.6 Å². The summed E-state index contributed by atoms with van der Waals surface area (Å²) in [7, 11) is 0. The third-order valence-corrected chi connectivity index (χ3v) is 7.97. The molecule has 0 saturated heterocycles. The molecule has 1 aliphatic heterocycles. The number of rotatable bonds is 6. The van der Waals surface area contributed by atoms with Gasteiger partial charge in [-0.25, -0.2) is 14.8 Å². The van der Waals surface area contributed by atoms with Gasteiger partial charge in [0.2, 0.25) is 0 Å². The van der Waals surface area contributed by atoms with Crippen molar-refractivity contribution in [1.82, 2.24) is 9.97 Å². The van der Waals surface area contributed by atoms with Gasteiger partial charge in [0.1, 0.15) is 18.1 Å². The minimum atomic E-state index is -4.75. The van der Waals surface area contributed by atoms with Gasteiger partial charge in [-0.3, -0.25) is 4.90 Å². The van der Waals surface area contributed by atoms with Gasteiger partial charge in [-0.05, 0) is 65.9 Å². The van der Waals surface area contributed by atoms with Gasteiger partial charge in [0.25, 0.3) is 0 Å². The molecule has 3 N–H and O–H groups in total. The first-order valence-electron chi connectivity index (χ1n) is 14.3. The Morgan fingerprint density at radius 2 is 1.74 bits per heavy atom. The van der Waals surface area contributed by atoms with Crippen molar-refractivity contribution in [1.29, 1.82) is 5.26 Å². The van der Waals surface area contributed by atoms with Gasteiger partial charge in [0, 0.05) is 12.3 Å². The number of alkyl halides is 6. The summed E-state index contributed by atoms with van der Waals surface area (Å²) >= 11 is 0. The summed E-state index contributed by atoms with van der Waals surface area (Å²) in [5.41, 5.74) is 3.54. The molecule has 0 saturated carbocycles. The molecule has 3 aromatic carbocycles. The number of fused-ring (bicyclic) bond motifs is 1. The maximum Gasteiger partial charge on any atom is 0.416 e. The predicted molar refractivity (Wildman–Crippen MR) is 157 cm³/mol. The number of benzene rings is 3. The molecule has 0 unspecified atom stereocenters. The molecule has 0 bridgehead atoms. The SMILES string of the molecule is CC[C@]1(N)C[C@H](c2ncc(O)c(Cc3cc(C#N)cc(C(F)(F)F)c3)n2)c2cc(C(F)(F)F)ccc2N1C(=O)OCc1ccccc1. The highest BCUT2D eigenvalue weighted by molar-refractivity contribution is 5.91. The van der Waals surface area contributed by atoms with Crippen LogP contribution < -0.4 is 10.6 Å². The Bertz CT molecular complexity index is 1840. The number of nitrogens with two attached hydrogens (primary N) is 1. The Kier molecular flexibility index (Phi) is 8.87. The van der Waals surface area contributed by atoms with Crippen LogP contribution in [0, 0.1) is 11.3 Å². The highest BCUT2D eigenvalue weighted by atomic mass is 19.4. The van der Waals surface area contributed by atoms with Gasteiger partial charge < -0.3 is 15.6 Å². The van der Waals surface area contributed by atoms with E-state index in [1.54, 1.807) is 43.3 Å². The van der Waals surface area contributed by atoms with Gasteiger partial charge in [0.05, 0.1) is 40.3 Å². The van der Waals surface area contributed by atoms with E-state index in [1.165, 1.54) is 6.07 Å². The van der Waals surface area contributed by atoms with Crippen molar-refractivity contribution in [2.45, 2.75) is 56.7 Å². The number of amides is 1. The molecule has 0 fully saturated rings. The molecule has 14 heteroatoms. The Balaban J connectivity index is 1.58. The van der Waals surface area contributed by atoms with E-state index in [0.717, 1.165) is 35.4 Å². The predicted octanol–water partition coefficient (Wildman–Crippen LogP) is 7.43. The number of aromatic hydroxyl groups is 1. The second-order valence-electron chi connectivity index (χ2n) is 11.1. The van der Waals surface area contributed by atoms with Crippen LogP contribution in [-0.4, -0.2) is 26.8 Å². The average molecular weight is 656 g/mol. The summed E-state index contributed by atoms with van der Waals surface area (Å²) in [5.74, 6) is -1.59. The van der Waals surface area contributed by atoms with Gasteiger partial charge in [-0.15, -0.1) is 0 Å². The molecule has 1 aliphatic rings. The van der Waals surface area contributed by atoms with Crippen LogP contribution in [0.3, 0.4) is 0 Å². The number of carbonyl (C=O) groups is 1. The van der Waals surface area contributed by atoms with Crippen LogP contribution in [0.1, 0.15) is 70.6 Å². The topological polar surface area (TPSA) is 125 Å². The molecule has 2 atom stereocenters. The van der Waals surface area contributed by atoms with Crippen LogP contribution in [0.25, 0.3) is 0 Å². The second kappa shape index (κ2) is 12.6. The number of aromatic nitrogens is 2. The first-order chi connectivity index (χ1) is 22.1. The minimum absolute atomic E-state index is 0.00786. The zero-order valence-corrected chi connectivity index (χ0v) is 24.7. The fourth-order valence-electron chi connectivity index (χ4n) is 5.54. The van der Waals surface area contributed by atoms with E-state index >= 15 is 0 Å².